The first kappa shape index (κ1) is 16.4. The molecular formula is C14H23N5O2Si. The fourth-order valence-electron chi connectivity index (χ4n) is 1.63. The summed E-state index contributed by atoms with van der Waals surface area (Å²) in [7, 11) is -2.09. The molecule has 7 nitrogen and oxygen atoms in total. The van der Waals surface area contributed by atoms with E-state index in [1.165, 1.54) is 6.33 Å². The van der Waals surface area contributed by atoms with Crippen molar-refractivity contribution in [2.24, 2.45) is 0 Å². The van der Waals surface area contributed by atoms with E-state index in [0.717, 1.165) is 0 Å². The molecule has 22 heavy (non-hydrogen) atoms. The van der Waals surface area contributed by atoms with Crippen LogP contribution in [0.25, 0.3) is 17.2 Å². The molecule has 0 saturated carbocycles. The molecule has 120 valence electrons. The zero-order valence-electron chi connectivity index (χ0n) is 13.7. The van der Waals surface area contributed by atoms with E-state index in [4.69, 9.17) is 15.4 Å². The van der Waals surface area contributed by atoms with Gasteiger partial charge in [0.15, 0.2) is 22.8 Å². The monoisotopic (exact) mass is 321 g/mol. The average Bonchev–Trinajstić information content (AvgIpc) is 2.74. The molecule has 2 rings (SSSR count). The topological polar surface area (TPSA) is 99.1 Å². The summed E-state index contributed by atoms with van der Waals surface area (Å²) in [6.07, 6.45) is 4.68. The number of rotatable bonds is 4. The summed E-state index contributed by atoms with van der Waals surface area (Å²) in [5.74, 6) is 0.849. The molecule has 2 aromatic heterocycles. The predicted molar refractivity (Wildman–Crippen MR) is 89.6 cm³/mol. The summed E-state index contributed by atoms with van der Waals surface area (Å²) < 4.78 is 7.93. The fourth-order valence-corrected chi connectivity index (χ4v) is 2.54. The first-order valence-corrected chi connectivity index (χ1v) is 10.0. The Kier molecular flexibility index (Phi) is 4.25. The third-order valence-electron chi connectivity index (χ3n) is 3.96. The third kappa shape index (κ3) is 2.97. The smallest absolute Gasteiger partial charge is 0.284 e. The molecule has 3 N–H and O–H groups in total. The summed E-state index contributed by atoms with van der Waals surface area (Å²) in [6.45, 7) is 10.7. The minimum Gasteiger partial charge on any atom is -0.466 e. The SMILES string of the molecule is CC(C)(C)[Si](C)(C)On1c(/C=C\CO)nc2c(N)ncnc21. The van der Waals surface area contributed by atoms with Crippen LogP contribution in [-0.2, 0) is 0 Å². The van der Waals surface area contributed by atoms with Gasteiger partial charge in [-0.3, -0.25) is 0 Å². The molecule has 0 spiro atoms. The van der Waals surface area contributed by atoms with Gasteiger partial charge in [-0.25, -0.2) is 15.0 Å². The number of nitrogens with two attached hydrogens (primary N) is 1. The van der Waals surface area contributed by atoms with Gasteiger partial charge in [-0.05, 0) is 24.2 Å². The fraction of sp³-hybridized carbons (Fsp3) is 0.500. The van der Waals surface area contributed by atoms with Gasteiger partial charge in [0.1, 0.15) is 6.33 Å². The highest BCUT2D eigenvalue weighted by atomic mass is 28.4. The second-order valence-electron chi connectivity index (χ2n) is 6.63. The molecule has 0 unspecified atom stereocenters. The first-order valence-electron chi connectivity index (χ1n) is 7.13. The molecule has 0 bridgehead atoms. The number of aliphatic hydroxyl groups is 1. The normalized spacial score (nSPS) is 13.2. The zero-order valence-corrected chi connectivity index (χ0v) is 14.7. The summed E-state index contributed by atoms with van der Waals surface area (Å²) in [6, 6.07) is 0. The van der Waals surface area contributed by atoms with Gasteiger partial charge >= 0.3 is 0 Å². The Morgan fingerprint density at radius 1 is 1.36 bits per heavy atom. The van der Waals surface area contributed by atoms with Crippen LogP contribution in [0.2, 0.25) is 18.1 Å². The molecule has 0 atom stereocenters. The molecule has 0 aliphatic carbocycles. The molecule has 0 aliphatic heterocycles. The van der Waals surface area contributed by atoms with Crippen LogP contribution in [0.15, 0.2) is 12.4 Å². The van der Waals surface area contributed by atoms with Gasteiger partial charge < -0.3 is 15.4 Å². The van der Waals surface area contributed by atoms with Crippen molar-refractivity contribution in [2.45, 2.75) is 38.9 Å². The zero-order chi connectivity index (χ0) is 16.5. The van der Waals surface area contributed by atoms with Crippen molar-refractivity contribution >= 4 is 31.4 Å². The van der Waals surface area contributed by atoms with E-state index in [9.17, 15) is 0 Å². The molecule has 2 heterocycles. The number of nitrogens with zero attached hydrogens (tertiary/aromatic N) is 4. The molecule has 0 aliphatic rings. The van der Waals surface area contributed by atoms with Crippen molar-refractivity contribution in [2.75, 3.05) is 12.3 Å². The van der Waals surface area contributed by atoms with E-state index in [1.54, 1.807) is 16.9 Å². The quantitative estimate of drug-likeness (QED) is 0.834. The minimum atomic E-state index is -2.09. The van der Waals surface area contributed by atoms with Crippen molar-refractivity contribution in [3.8, 4) is 0 Å². The molecule has 8 heteroatoms. The Morgan fingerprint density at radius 3 is 2.64 bits per heavy atom. The lowest BCUT2D eigenvalue weighted by molar-refractivity contribution is 0.256. The largest absolute Gasteiger partial charge is 0.466 e. The van der Waals surface area contributed by atoms with Crippen LogP contribution in [0.3, 0.4) is 0 Å². The number of aliphatic hydroxyl groups excluding tert-OH is 1. The van der Waals surface area contributed by atoms with E-state index >= 15 is 0 Å². The summed E-state index contributed by atoms with van der Waals surface area (Å²) >= 11 is 0. The molecule has 0 radical (unpaired) electrons. The number of hydrogen-bond acceptors (Lipinski definition) is 6. The van der Waals surface area contributed by atoms with E-state index in [1.807, 2.05) is 0 Å². The Bertz CT molecular complexity index is 703. The van der Waals surface area contributed by atoms with Crippen LogP contribution in [0, 0.1) is 0 Å². The lowest BCUT2D eigenvalue weighted by Gasteiger charge is -2.35. The number of aromatic nitrogens is 4. The number of hydrogen-bond donors (Lipinski definition) is 2. The molecule has 0 saturated heterocycles. The molecule has 0 amide bonds. The average molecular weight is 321 g/mol. The molecule has 0 fully saturated rings. The van der Waals surface area contributed by atoms with Gasteiger partial charge in [-0.2, -0.15) is 4.73 Å². The first-order chi connectivity index (χ1) is 10.2. The Labute approximate surface area is 130 Å². The summed E-state index contributed by atoms with van der Waals surface area (Å²) in [5.41, 5.74) is 6.91. The van der Waals surface area contributed by atoms with Crippen molar-refractivity contribution < 1.29 is 9.63 Å². The van der Waals surface area contributed by atoms with E-state index < -0.39 is 8.32 Å². The Morgan fingerprint density at radius 2 is 2.05 bits per heavy atom. The van der Waals surface area contributed by atoms with Crippen LogP contribution in [0.4, 0.5) is 5.82 Å². The van der Waals surface area contributed by atoms with Crippen LogP contribution < -0.4 is 10.3 Å². The highest BCUT2D eigenvalue weighted by Crippen LogP contribution is 2.35. The maximum atomic E-state index is 9.00. The van der Waals surface area contributed by atoms with Gasteiger partial charge in [0, 0.05) is 0 Å². The Balaban J connectivity index is 2.60. The summed E-state index contributed by atoms with van der Waals surface area (Å²) in [4.78, 5) is 12.6. The van der Waals surface area contributed by atoms with Crippen LogP contribution in [0.5, 0.6) is 0 Å². The van der Waals surface area contributed by atoms with Gasteiger partial charge in [0.2, 0.25) is 0 Å². The Hall–Kier alpha value is -1.93. The lowest BCUT2D eigenvalue weighted by Crippen LogP contribution is -2.48. The van der Waals surface area contributed by atoms with Crippen molar-refractivity contribution in [1.29, 1.82) is 0 Å². The van der Waals surface area contributed by atoms with E-state index in [0.29, 0.717) is 22.8 Å². The maximum absolute atomic E-state index is 9.00. The molecular weight excluding hydrogens is 298 g/mol. The van der Waals surface area contributed by atoms with E-state index in [2.05, 4.69) is 48.8 Å². The van der Waals surface area contributed by atoms with Crippen LogP contribution >= 0.6 is 0 Å². The number of imidazole rings is 1. The van der Waals surface area contributed by atoms with Crippen LogP contribution in [0.1, 0.15) is 26.6 Å². The minimum absolute atomic E-state index is 0.0279. The lowest BCUT2D eigenvalue weighted by atomic mass is 10.2. The van der Waals surface area contributed by atoms with Gasteiger partial charge in [0.25, 0.3) is 8.32 Å². The van der Waals surface area contributed by atoms with Crippen molar-refractivity contribution in [3.05, 3.63) is 18.2 Å². The van der Waals surface area contributed by atoms with Gasteiger partial charge in [0.05, 0.1) is 6.61 Å². The van der Waals surface area contributed by atoms with Crippen molar-refractivity contribution in [3.63, 3.8) is 0 Å². The molecule has 2 aromatic rings. The second-order valence-corrected chi connectivity index (χ2v) is 11.3. The number of anilines is 1. The van der Waals surface area contributed by atoms with Crippen LogP contribution in [-0.4, -0.2) is 39.7 Å². The predicted octanol–water partition coefficient (Wildman–Crippen LogP) is 1.85. The third-order valence-corrected chi connectivity index (χ3v) is 8.21. The molecule has 0 aromatic carbocycles. The van der Waals surface area contributed by atoms with Gasteiger partial charge in [-0.1, -0.05) is 26.8 Å². The number of fused-ring (bicyclic) bond motifs is 1. The standard InChI is InChI=1S/C14H23N5O2Si/c1-14(2,3)22(4,5)21-19-10(7-6-8-20)18-11-12(15)16-9-17-13(11)19/h6-7,9,20H,8H2,1-5H3,(H2,15,16,17)/b7-6-. The van der Waals surface area contributed by atoms with Gasteiger partial charge in [-0.15, -0.1) is 0 Å². The highest BCUT2D eigenvalue weighted by molar-refractivity contribution is 6.74. The summed E-state index contributed by atoms with van der Waals surface area (Å²) in [5, 5.41) is 9.03. The van der Waals surface area contributed by atoms with Crippen molar-refractivity contribution in [1.82, 2.24) is 19.7 Å². The highest BCUT2D eigenvalue weighted by Gasteiger charge is 2.41. The maximum Gasteiger partial charge on any atom is 0.284 e. The van der Waals surface area contributed by atoms with E-state index in [-0.39, 0.29) is 11.6 Å². The number of nitrogen functional groups attached to an aromatic ring is 1. The second kappa shape index (κ2) is 5.69.